The molecule has 0 bridgehead atoms. The lowest BCUT2D eigenvalue weighted by Crippen LogP contribution is -2.19. The van der Waals surface area contributed by atoms with E-state index in [-0.39, 0.29) is 11.6 Å². The van der Waals surface area contributed by atoms with Crippen molar-refractivity contribution in [3.05, 3.63) is 53.6 Å². The molecule has 0 aliphatic rings. The average Bonchev–Trinajstić information content (AvgIpc) is 2.54. The summed E-state index contributed by atoms with van der Waals surface area (Å²) in [5.41, 5.74) is 0.376. The molecule has 0 radical (unpaired) electrons. The predicted molar refractivity (Wildman–Crippen MR) is 95.8 cm³/mol. The van der Waals surface area contributed by atoms with Gasteiger partial charge in [-0.05, 0) is 42.3 Å². The standard InChI is InChI=1S/C17H18F3N3O3S/c1-11(24)23-13-4-2-12(3-5-13)8-9-22-14-6-7-16(27(21,25)26)15(10-14)17(18,19)20/h2-7,10,22H,8-9H2,1H3,(H,23,24)(H2,21,25,26). The molecule has 0 fully saturated rings. The number of hydrogen-bond donors (Lipinski definition) is 3. The van der Waals surface area contributed by atoms with Gasteiger partial charge < -0.3 is 10.6 Å². The summed E-state index contributed by atoms with van der Waals surface area (Å²) >= 11 is 0. The molecule has 0 aliphatic heterocycles. The van der Waals surface area contributed by atoms with E-state index in [0.29, 0.717) is 18.7 Å². The number of nitrogens with one attached hydrogen (secondary N) is 2. The van der Waals surface area contributed by atoms with E-state index in [1.54, 1.807) is 24.3 Å². The zero-order chi connectivity index (χ0) is 20.2. The number of anilines is 2. The third-order valence-corrected chi connectivity index (χ3v) is 4.58. The smallest absolute Gasteiger partial charge is 0.385 e. The first-order valence-corrected chi connectivity index (χ1v) is 9.36. The van der Waals surface area contributed by atoms with E-state index in [9.17, 15) is 26.4 Å². The maximum atomic E-state index is 13.1. The second-order valence-corrected chi connectivity index (χ2v) is 7.34. The van der Waals surface area contributed by atoms with Crippen molar-refractivity contribution in [1.82, 2.24) is 0 Å². The van der Waals surface area contributed by atoms with Gasteiger partial charge in [0.1, 0.15) is 0 Å². The number of nitrogens with two attached hydrogens (primary N) is 1. The minimum atomic E-state index is -4.85. The maximum absolute atomic E-state index is 13.1. The van der Waals surface area contributed by atoms with E-state index in [4.69, 9.17) is 5.14 Å². The molecule has 0 unspecified atom stereocenters. The van der Waals surface area contributed by atoms with Crippen LogP contribution in [0.25, 0.3) is 0 Å². The Morgan fingerprint density at radius 3 is 2.19 bits per heavy atom. The van der Waals surface area contributed by atoms with E-state index >= 15 is 0 Å². The van der Waals surface area contributed by atoms with Crippen molar-refractivity contribution in [3.63, 3.8) is 0 Å². The maximum Gasteiger partial charge on any atom is 0.417 e. The number of alkyl halides is 3. The van der Waals surface area contributed by atoms with Crippen molar-refractivity contribution in [2.75, 3.05) is 17.2 Å². The molecule has 1 amide bonds. The van der Waals surface area contributed by atoms with Crippen LogP contribution in [0.3, 0.4) is 0 Å². The molecule has 0 saturated heterocycles. The fourth-order valence-corrected chi connectivity index (χ4v) is 3.16. The highest BCUT2D eigenvalue weighted by atomic mass is 32.2. The van der Waals surface area contributed by atoms with Crippen molar-refractivity contribution < 1.29 is 26.4 Å². The Labute approximate surface area is 154 Å². The molecule has 0 spiro atoms. The van der Waals surface area contributed by atoms with Crippen LogP contribution in [0.1, 0.15) is 18.1 Å². The molecule has 10 heteroatoms. The molecule has 0 saturated carbocycles. The van der Waals surface area contributed by atoms with Gasteiger partial charge in [-0.3, -0.25) is 4.79 Å². The summed E-state index contributed by atoms with van der Waals surface area (Å²) in [4.78, 5) is 10.0. The number of carbonyl (C=O) groups is 1. The number of rotatable bonds is 6. The fourth-order valence-electron chi connectivity index (χ4n) is 2.42. The van der Waals surface area contributed by atoms with Crippen molar-refractivity contribution in [3.8, 4) is 0 Å². The van der Waals surface area contributed by atoms with E-state index in [2.05, 4.69) is 10.6 Å². The quantitative estimate of drug-likeness (QED) is 0.693. The van der Waals surface area contributed by atoms with Crippen LogP contribution in [-0.2, 0) is 27.4 Å². The summed E-state index contributed by atoms with van der Waals surface area (Å²) in [6.45, 7) is 1.72. The van der Waals surface area contributed by atoms with E-state index in [0.717, 1.165) is 17.7 Å². The summed E-state index contributed by atoms with van der Waals surface area (Å²) in [5.74, 6) is -0.187. The first-order chi connectivity index (χ1) is 12.5. The van der Waals surface area contributed by atoms with Gasteiger partial charge in [-0.2, -0.15) is 13.2 Å². The number of amides is 1. The SMILES string of the molecule is CC(=O)Nc1ccc(CCNc2ccc(S(N)(=O)=O)c(C(F)(F)F)c2)cc1. The molecule has 146 valence electrons. The van der Waals surface area contributed by atoms with Crippen LogP contribution >= 0.6 is 0 Å². The topological polar surface area (TPSA) is 101 Å². The van der Waals surface area contributed by atoms with Crippen molar-refractivity contribution >= 4 is 27.3 Å². The average molecular weight is 401 g/mol. The Bertz CT molecular complexity index is 927. The summed E-state index contributed by atoms with van der Waals surface area (Å²) in [7, 11) is -4.49. The minimum Gasteiger partial charge on any atom is -0.385 e. The van der Waals surface area contributed by atoms with Gasteiger partial charge in [0.05, 0.1) is 10.5 Å². The Balaban J connectivity index is 2.07. The lowest BCUT2D eigenvalue weighted by Gasteiger charge is -2.14. The Kier molecular flexibility index (Phi) is 6.11. The Morgan fingerprint density at radius 2 is 1.67 bits per heavy atom. The van der Waals surface area contributed by atoms with Crippen molar-refractivity contribution in [2.24, 2.45) is 5.14 Å². The normalized spacial score (nSPS) is 11.9. The number of primary sulfonamides is 1. The number of halogens is 3. The number of benzene rings is 2. The molecule has 4 N–H and O–H groups in total. The van der Waals surface area contributed by atoms with Gasteiger partial charge >= 0.3 is 6.18 Å². The molecule has 0 atom stereocenters. The number of hydrogen-bond acceptors (Lipinski definition) is 4. The molecule has 2 aromatic rings. The predicted octanol–water partition coefficient (Wildman–Crippen LogP) is 2.97. The van der Waals surface area contributed by atoms with Gasteiger partial charge in [0.2, 0.25) is 15.9 Å². The Hall–Kier alpha value is -2.59. The van der Waals surface area contributed by atoms with E-state index < -0.39 is 26.7 Å². The second kappa shape index (κ2) is 7.97. The van der Waals surface area contributed by atoms with Crippen LogP contribution in [0.2, 0.25) is 0 Å². The highest BCUT2D eigenvalue weighted by molar-refractivity contribution is 7.89. The van der Waals surface area contributed by atoms with E-state index in [1.165, 1.54) is 13.0 Å². The van der Waals surface area contributed by atoms with Gasteiger partial charge in [0.25, 0.3) is 0 Å². The third kappa shape index (κ3) is 5.97. The summed E-state index contributed by atoms with van der Waals surface area (Å²) in [6, 6.07) is 9.81. The molecular formula is C17H18F3N3O3S. The van der Waals surface area contributed by atoms with Gasteiger partial charge in [-0.15, -0.1) is 0 Å². The molecule has 27 heavy (non-hydrogen) atoms. The Morgan fingerprint density at radius 1 is 1.07 bits per heavy atom. The van der Waals surface area contributed by atoms with Gasteiger partial charge in [-0.25, -0.2) is 13.6 Å². The van der Waals surface area contributed by atoms with Crippen molar-refractivity contribution in [2.45, 2.75) is 24.4 Å². The van der Waals surface area contributed by atoms with E-state index in [1.807, 2.05) is 0 Å². The minimum absolute atomic E-state index is 0.129. The highest BCUT2D eigenvalue weighted by Crippen LogP contribution is 2.35. The zero-order valence-corrected chi connectivity index (χ0v) is 15.1. The van der Waals surface area contributed by atoms with Gasteiger partial charge in [-0.1, -0.05) is 12.1 Å². The highest BCUT2D eigenvalue weighted by Gasteiger charge is 2.36. The molecule has 6 nitrogen and oxygen atoms in total. The molecule has 2 rings (SSSR count). The first kappa shape index (κ1) is 20.7. The first-order valence-electron chi connectivity index (χ1n) is 7.81. The number of carbonyl (C=O) groups excluding carboxylic acids is 1. The summed E-state index contributed by atoms with van der Waals surface area (Å²) in [5, 5.41) is 10.3. The lowest BCUT2D eigenvalue weighted by atomic mass is 10.1. The van der Waals surface area contributed by atoms with Gasteiger partial charge in [0.15, 0.2) is 0 Å². The fraction of sp³-hybridized carbons (Fsp3) is 0.235. The molecule has 0 aromatic heterocycles. The van der Waals surface area contributed by atoms with Crippen LogP contribution in [0.5, 0.6) is 0 Å². The van der Waals surface area contributed by atoms with Crippen LogP contribution < -0.4 is 15.8 Å². The molecule has 0 aliphatic carbocycles. The van der Waals surface area contributed by atoms with Crippen LogP contribution in [0.15, 0.2) is 47.4 Å². The second-order valence-electron chi connectivity index (χ2n) is 5.81. The lowest BCUT2D eigenvalue weighted by molar-refractivity contribution is -0.139. The third-order valence-electron chi connectivity index (χ3n) is 3.61. The van der Waals surface area contributed by atoms with Gasteiger partial charge in [0, 0.05) is 24.8 Å². The zero-order valence-electron chi connectivity index (χ0n) is 14.3. The molecule has 2 aromatic carbocycles. The summed E-state index contributed by atoms with van der Waals surface area (Å²) < 4.78 is 62.0. The molecular weight excluding hydrogens is 383 g/mol. The largest absolute Gasteiger partial charge is 0.417 e. The van der Waals surface area contributed by atoms with Crippen molar-refractivity contribution in [1.29, 1.82) is 0 Å². The van der Waals surface area contributed by atoms with Crippen LogP contribution in [0.4, 0.5) is 24.5 Å². The monoisotopic (exact) mass is 401 g/mol. The van der Waals surface area contributed by atoms with Crippen LogP contribution in [0, 0.1) is 0 Å². The van der Waals surface area contributed by atoms with Crippen LogP contribution in [-0.4, -0.2) is 20.9 Å². The summed E-state index contributed by atoms with van der Waals surface area (Å²) in [6.07, 6.45) is -4.34. The number of sulfonamides is 1. The molecule has 0 heterocycles.